The van der Waals surface area contributed by atoms with Crippen molar-refractivity contribution in [3.8, 4) is 11.5 Å². The zero-order chi connectivity index (χ0) is 21.5. The van der Waals surface area contributed by atoms with Gasteiger partial charge in [0.25, 0.3) is 5.91 Å². The summed E-state index contributed by atoms with van der Waals surface area (Å²) in [6, 6.07) is 5.35. The number of carbonyl (C=O) groups is 3. The number of aliphatic carboxylic acids is 2. The first-order chi connectivity index (χ1) is 13.3. The predicted octanol–water partition coefficient (Wildman–Crippen LogP) is 1.71. The van der Waals surface area contributed by atoms with Crippen molar-refractivity contribution >= 4 is 17.8 Å². The molecule has 158 valence electrons. The molecule has 28 heavy (non-hydrogen) atoms. The van der Waals surface area contributed by atoms with Crippen molar-refractivity contribution in [3.05, 3.63) is 23.8 Å². The Morgan fingerprint density at radius 2 is 1.68 bits per heavy atom. The van der Waals surface area contributed by atoms with Crippen molar-refractivity contribution in [3.63, 3.8) is 0 Å². The number of benzene rings is 1. The van der Waals surface area contributed by atoms with E-state index in [0.717, 1.165) is 26.1 Å². The van der Waals surface area contributed by atoms with Gasteiger partial charge in [0, 0.05) is 6.54 Å². The molecule has 1 aromatic carbocycles. The molecule has 0 aliphatic rings. The van der Waals surface area contributed by atoms with E-state index in [2.05, 4.69) is 24.1 Å². The van der Waals surface area contributed by atoms with Gasteiger partial charge in [-0.05, 0) is 45.1 Å². The minimum atomic E-state index is -1.82. The maximum absolute atomic E-state index is 12.3. The summed E-state index contributed by atoms with van der Waals surface area (Å²) in [7, 11) is 1.57. The second-order valence-electron chi connectivity index (χ2n) is 5.52. The normalized spacial score (nSPS) is 9.89. The highest BCUT2D eigenvalue weighted by atomic mass is 16.5. The van der Waals surface area contributed by atoms with Crippen LogP contribution >= 0.6 is 0 Å². The molecule has 0 fully saturated rings. The highest BCUT2D eigenvalue weighted by Crippen LogP contribution is 2.30. The first kappa shape index (κ1) is 25.2. The summed E-state index contributed by atoms with van der Waals surface area (Å²) < 4.78 is 10.8. The monoisotopic (exact) mass is 398 g/mol. The molecule has 0 atom stereocenters. The molecule has 0 saturated carbocycles. The van der Waals surface area contributed by atoms with Gasteiger partial charge >= 0.3 is 11.9 Å². The number of ether oxygens (including phenoxy) is 2. The van der Waals surface area contributed by atoms with Gasteiger partial charge in [-0.2, -0.15) is 0 Å². The van der Waals surface area contributed by atoms with Crippen molar-refractivity contribution in [1.82, 2.24) is 10.2 Å². The van der Waals surface area contributed by atoms with E-state index in [-0.39, 0.29) is 5.91 Å². The minimum absolute atomic E-state index is 0.123. The van der Waals surface area contributed by atoms with Crippen molar-refractivity contribution in [2.45, 2.75) is 27.2 Å². The Morgan fingerprint density at radius 3 is 2.14 bits per heavy atom. The van der Waals surface area contributed by atoms with Gasteiger partial charge in [-0.15, -0.1) is 0 Å². The minimum Gasteiger partial charge on any atom is -0.493 e. The molecular formula is C19H30N2O7. The average molecular weight is 398 g/mol. The molecule has 0 saturated heterocycles. The molecule has 9 heteroatoms. The van der Waals surface area contributed by atoms with Gasteiger partial charge in [0.2, 0.25) is 0 Å². The van der Waals surface area contributed by atoms with Crippen molar-refractivity contribution in [2.24, 2.45) is 0 Å². The Kier molecular flexibility index (Phi) is 12.8. The third kappa shape index (κ3) is 9.22. The highest BCUT2D eigenvalue weighted by molar-refractivity contribution is 6.27. The number of para-hydroxylation sites is 1. The molecule has 9 nitrogen and oxygen atoms in total. The van der Waals surface area contributed by atoms with Gasteiger partial charge in [0.1, 0.15) is 0 Å². The predicted molar refractivity (Wildman–Crippen MR) is 104 cm³/mol. The Bertz CT molecular complexity index is 619. The molecule has 1 rings (SSSR count). The maximum atomic E-state index is 12.3. The number of nitrogens with one attached hydrogen (secondary N) is 1. The van der Waals surface area contributed by atoms with Gasteiger partial charge in [-0.25, -0.2) is 9.59 Å². The second-order valence-corrected chi connectivity index (χ2v) is 5.52. The van der Waals surface area contributed by atoms with Gasteiger partial charge in [0.05, 0.1) is 19.3 Å². The Balaban J connectivity index is 0.00000105. The summed E-state index contributed by atoms with van der Waals surface area (Å²) in [5, 5.41) is 17.7. The van der Waals surface area contributed by atoms with E-state index in [0.29, 0.717) is 30.2 Å². The topological polar surface area (TPSA) is 125 Å². The van der Waals surface area contributed by atoms with Crippen LogP contribution in [0.2, 0.25) is 0 Å². The van der Waals surface area contributed by atoms with Crippen LogP contribution in [0.15, 0.2) is 18.2 Å². The van der Waals surface area contributed by atoms with E-state index in [4.69, 9.17) is 29.3 Å². The molecule has 0 aliphatic carbocycles. The number of methoxy groups -OCH3 is 1. The summed E-state index contributed by atoms with van der Waals surface area (Å²) in [5.74, 6) is -2.68. The fourth-order valence-electron chi connectivity index (χ4n) is 2.29. The molecule has 0 spiro atoms. The number of amides is 1. The van der Waals surface area contributed by atoms with Gasteiger partial charge in [0.15, 0.2) is 11.5 Å². The number of nitrogens with zero attached hydrogens (tertiary/aromatic N) is 1. The van der Waals surface area contributed by atoms with Crippen LogP contribution in [-0.2, 0) is 9.59 Å². The van der Waals surface area contributed by atoms with Crippen LogP contribution in [0.25, 0.3) is 0 Å². The Morgan fingerprint density at radius 1 is 1.07 bits per heavy atom. The average Bonchev–Trinajstić information content (AvgIpc) is 2.68. The fraction of sp³-hybridized carbons (Fsp3) is 0.526. The van der Waals surface area contributed by atoms with Crippen LogP contribution in [0, 0.1) is 0 Å². The van der Waals surface area contributed by atoms with Crippen molar-refractivity contribution in [1.29, 1.82) is 0 Å². The lowest BCUT2D eigenvalue weighted by Gasteiger charge is -2.18. The molecule has 1 amide bonds. The molecule has 0 heterocycles. The van der Waals surface area contributed by atoms with Gasteiger partial charge in [-0.3, -0.25) is 4.79 Å². The lowest BCUT2D eigenvalue weighted by Crippen LogP contribution is -2.30. The smallest absolute Gasteiger partial charge is 0.414 e. The Labute approximate surface area is 165 Å². The summed E-state index contributed by atoms with van der Waals surface area (Å²) in [6.07, 6.45) is 0.932. The number of carbonyl (C=O) groups excluding carboxylic acids is 1. The van der Waals surface area contributed by atoms with E-state index < -0.39 is 11.9 Å². The number of rotatable bonds is 10. The number of carboxylic acid groups (broad SMARTS) is 2. The fourth-order valence-corrected chi connectivity index (χ4v) is 2.29. The van der Waals surface area contributed by atoms with E-state index >= 15 is 0 Å². The van der Waals surface area contributed by atoms with Gasteiger partial charge < -0.3 is 29.9 Å². The SMILES string of the molecule is CCOc1c(OC)cccc1C(=O)NCCCN(CC)CC.O=C(O)C(=O)O. The lowest BCUT2D eigenvalue weighted by atomic mass is 10.1. The van der Waals surface area contributed by atoms with Crippen LogP contribution in [0.1, 0.15) is 37.6 Å². The van der Waals surface area contributed by atoms with Crippen LogP contribution in [0.3, 0.4) is 0 Å². The van der Waals surface area contributed by atoms with E-state index in [1.165, 1.54) is 0 Å². The Hall–Kier alpha value is -2.81. The summed E-state index contributed by atoms with van der Waals surface area (Å²) >= 11 is 0. The van der Waals surface area contributed by atoms with E-state index in [9.17, 15) is 4.79 Å². The first-order valence-electron chi connectivity index (χ1n) is 9.08. The molecule has 0 aliphatic heterocycles. The lowest BCUT2D eigenvalue weighted by molar-refractivity contribution is -0.159. The third-order valence-corrected chi connectivity index (χ3v) is 3.75. The van der Waals surface area contributed by atoms with Crippen LogP contribution < -0.4 is 14.8 Å². The second kappa shape index (κ2) is 14.3. The summed E-state index contributed by atoms with van der Waals surface area (Å²) in [6.45, 7) is 10.4. The number of hydrogen-bond acceptors (Lipinski definition) is 6. The molecule has 0 unspecified atom stereocenters. The zero-order valence-electron chi connectivity index (χ0n) is 16.9. The van der Waals surface area contributed by atoms with Crippen LogP contribution in [0.5, 0.6) is 11.5 Å². The largest absolute Gasteiger partial charge is 0.493 e. The quantitative estimate of drug-likeness (QED) is 0.402. The van der Waals surface area contributed by atoms with Crippen LogP contribution in [0.4, 0.5) is 0 Å². The molecule has 0 aromatic heterocycles. The molecule has 1 aromatic rings. The highest BCUT2D eigenvalue weighted by Gasteiger charge is 2.16. The summed E-state index contributed by atoms with van der Waals surface area (Å²) in [5.41, 5.74) is 0.518. The first-order valence-corrected chi connectivity index (χ1v) is 9.08. The molecule has 0 bridgehead atoms. The zero-order valence-corrected chi connectivity index (χ0v) is 16.9. The van der Waals surface area contributed by atoms with Crippen molar-refractivity contribution < 1.29 is 34.1 Å². The van der Waals surface area contributed by atoms with E-state index in [1.54, 1.807) is 25.3 Å². The molecular weight excluding hydrogens is 368 g/mol. The van der Waals surface area contributed by atoms with E-state index in [1.807, 2.05) is 6.92 Å². The third-order valence-electron chi connectivity index (χ3n) is 3.75. The number of hydrogen-bond donors (Lipinski definition) is 3. The maximum Gasteiger partial charge on any atom is 0.414 e. The van der Waals surface area contributed by atoms with Crippen LogP contribution in [-0.4, -0.2) is 72.9 Å². The molecule has 3 N–H and O–H groups in total. The molecule has 0 radical (unpaired) electrons. The van der Waals surface area contributed by atoms with Gasteiger partial charge in [-0.1, -0.05) is 19.9 Å². The van der Waals surface area contributed by atoms with Crippen molar-refractivity contribution in [2.75, 3.05) is 39.9 Å². The number of carboxylic acids is 2. The standard InChI is InChI=1S/C17H28N2O3.C2H2O4/c1-5-19(6-2)13-9-12-18-17(20)14-10-8-11-15(21-4)16(14)22-7-3;3-1(4)2(5)6/h8,10-11H,5-7,9,12-13H2,1-4H3,(H,18,20);(H,3,4)(H,5,6). The summed E-state index contributed by atoms with van der Waals surface area (Å²) in [4.78, 5) is 32.9.